The molecule has 2 aromatic rings. The van der Waals surface area contributed by atoms with Crippen LogP contribution in [0.15, 0.2) is 42.5 Å². The fraction of sp³-hybridized carbons (Fsp3) is 0.222. The van der Waals surface area contributed by atoms with Crippen LogP contribution in [0.3, 0.4) is 0 Å². The molecule has 6 heteroatoms. The molecule has 0 saturated carbocycles. The minimum Gasteiger partial charge on any atom is -0.484 e. The van der Waals surface area contributed by atoms with E-state index in [9.17, 15) is 9.59 Å². The van der Waals surface area contributed by atoms with Crippen LogP contribution in [0.25, 0.3) is 0 Å². The number of aryl methyl sites for hydroxylation is 1. The van der Waals surface area contributed by atoms with E-state index in [-0.39, 0.29) is 19.1 Å². The molecule has 0 aromatic heterocycles. The summed E-state index contributed by atoms with van der Waals surface area (Å²) in [5.41, 5.74) is 7.68. The van der Waals surface area contributed by atoms with Crippen LogP contribution < -0.4 is 20.5 Å². The van der Waals surface area contributed by atoms with Crippen molar-refractivity contribution in [1.29, 1.82) is 0 Å². The highest BCUT2D eigenvalue weighted by Gasteiger charge is 2.07. The van der Waals surface area contributed by atoms with Gasteiger partial charge in [0, 0.05) is 11.8 Å². The zero-order valence-electron chi connectivity index (χ0n) is 13.7. The molecule has 0 unspecified atom stereocenters. The van der Waals surface area contributed by atoms with Crippen LogP contribution in [-0.4, -0.2) is 25.0 Å². The Morgan fingerprint density at radius 3 is 2.54 bits per heavy atom. The molecule has 3 N–H and O–H groups in total. The number of benzene rings is 2. The van der Waals surface area contributed by atoms with Crippen LogP contribution in [0.5, 0.6) is 11.5 Å². The lowest BCUT2D eigenvalue weighted by molar-refractivity contribution is -0.120. The van der Waals surface area contributed by atoms with Crippen molar-refractivity contribution >= 4 is 17.5 Å². The first-order valence-corrected chi connectivity index (χ1v) is 7.46. The third-order valence-corrected chi connectivity index (χ3v) is 3.41. The number of hydrogen-bond donors (Lipinski definition) is 2. The Morgan fingerprint density at radius 1 is 1.04 bits per heavy atom. The van der Waals surface area contributed by atoms with Gasteiger partial charge < -0.3 is 20.5 Å². The topological polar surface area (TPSA) is 90.7 Å². The quantitative estimate of drug-likeness (QED) is 0.815. The van der Waals surface area contributed by atoms with E-state index >= 15 is 0 Å². The molecule has 2 aromatic carbocycles. The number of rotatable bonds is 7. The van der Waals surface area contributed by atoms with E-state index in [1.54, 1.807) is 24.3 Å². The van der Waals surface area contributed by atoms with Crippen LogP contribution in [-0.2, 0) is 9.59 Å². The molecule has 0 aliphatic rings. The van der Waals surface area contributed by atoms with E-state index < -0.39 is 5.91 Å². The molecule has 2 rings (SSSR count). The van der Waals surface area contributed by atoms with Crippen molar-refractivity contribution in [2.24, 2.45) is 5.73 Å². The van der Waals surface area contributed by atoms with Crippen LogP contribution in [0.4, 0.5) is 5.69 Å². The van der Waals surface area contributed by atoms with Crippen molar-refractivity contribution < 1.29 is 19.1 Å². The van der Waals surface area contributed by atoms with Crippen LogP contribution in [0, 0.1) is 13.8 Å². The molecule has 6 nitrogen and oxygen atoms in total. The number of hydrogen-bond acceptors (Lipinski definition) is 4. The third-order valence-electron chi connectivity index (χ3n) is 3.41. The molecular formula is C18H20N2O4. The molecule has 0 atom stereocenters. The Bertz CT molecular complexity index is 744. The summed E-state index contributed by atoms with van der Waals surface area (Å²) in [6.07, 6.45) is 0. The maximum absolute atomic E-state index is 12.0. The Balaban J connectivity index is 1.91. The van der Waals surface area contributed by atoms with Crippen LogP contribution in [0.2, 0.25) is 0 Å². The van der Waals surface area contributed by atoms with E-state index in [1.807, 2.05) is 32.0 Å². The number of carbonyl (C=O) groups is 2. The van der Waals surface area contributed by atoms with Gasteiger partial charge in [0.25, 0.3) is 11.8 Å². The normalized spacial score (nSPS) is 10.1. The maximum atomic E-state index is 12.0. The number of primary amides is 1. The van der Waals surface area contributed by atoms with Crippen molar-refractivity contribution in [3.8, 4) is 11.5 Å². The molecule has 0 radical (unpaired) electrons. The van der Waals surface area contributed by atoms with Crippen molar-refractivity contribution in [3.63, 3.8) is 0 Å². The van der Waals surface area contributed by atoms with Gasteiger partial charge in [0.1, 0.15) is 11.5 Å². The van der Waals surface area contributed by atoms with Gasteiger partial charge in [0.2, 0.25) is 0 Å². The summed E-state index contributed by atoms with van der Waals surface area (Å²) in [5, 5.41) is 2.71. The first-order valence-electron chi connectivity index (χ1n) is 7.46. The number of anilines is 1. The van der Waals surface area contributed by atoms with E-state index in [2.05, 4.69) is 5.32 Å². The average Bonchev–Trinajstić information content (AvgIpc) is 2.55. The second kappa shape index (κ2) is 8.01. The van der Waals surface area contributed by atoms with E-state index in [0.29, 0.717) is 17.2 Å². The Morgan fingerprint density at radius 2 is 1.79 bits per heavy atom. The Kier molecular flexibility index (Phi) is 5.78. The molecule has 0 spiro atoms. The fourth-order valence-electron chi connectivity index (χ4n) is 2.04. The van der Waals surface area contributed by atoms with Crippen molar-refractivity contribution in [2.45, 2.75) is 13.8 Å². The number of carbonyl (C=O) groups excluding carboxylic acids is 2. The van der Waals surface area contributed by atoms with Crippen molar-refractivity contribution in [2.75, 3.05) is 18.5 Å². The van der Waals surface area contributed by atoms with E-state index in [0.717, 1.165) is 11.1 Å². The highest BCUT2D eigenvalue weighted by Crippen LogP contribution is 2.21. The predicted octanol–water partition coefficient (Wildman–Crippen LogP) is 2.19. The van der Waals surface area contributed by atoms with Gasteiger partial charge in [-0.3, -0.25) is 9.59 Å². The summed E-state index contributed by atoms with van der Waals surface area (Å²) in [4.78, 5) is 22.7. The number of nitrogens with two attached hydrogens (primary N) is 1. The van der Waals surface area contributed by atoms with Crippen molar-refractivity contribution in [3.05, 3.63) is 53.6 Å². The molecule has 0 aliphatic carbocycles. The van der Waals surface area contributed by atoms with Gasteiger partial charge >= 0.3 is 0 Å². The van der Waals surface area contributed by atoms with Gasteiger partial charge in [-0.2, -0.15) is 0 Å². The average molecular weight is 328 g/mol. The molecule has 126 valence electrons. The monoisotopic (exact) mass is 328 g/mol. The van der Waals surface area contributed by atoms with Crippen molar-refractivity contribution in [1.82, 2.24) is 0 Å². The predicted molar refractivity (Wildman–Crippen MR) is 91.2 cm³/mol. The van der Waals surface area contributed by atoms with Gasteiger partial charge in [-0.25, -0.2) is 0 Å². The van der Waals surface area contributed by atoms with Gasteiger partial charge in [0.05, 0.1) is 0 Å². The standard InChI is InChI=1S/C18H20N2O4/c1-12-5-3-8-16(13(12)2)24-11-18(22)20-14-6-4-7-15(9-14)23-10-17(19)21/h3-9H,10-11H2,1-2H3,(H2,19,21)(H,20,22). The van der Waals surface area contributed by atoms with Gasteiger partial charge in [-0.05, 0) is 43.2 Å². The maximum Gasteiger partial charge on any atom is 0.262 e. The molecule has 0 aliphatic heterocycles. The second-order valence-electron chi connectivity index (χ2n) is 5.32. The number of nitrogens with one attached hydrogen (secondary N) is 1. The highest BCUT2D eigenvalue weighted by molar-refractivity contribution is 5.92. The summed E-state index contributed by atoms with van der Waals surface area (Å²) >= 11 is 0. The lowest BCUT2D eigenvalue weighted by Gasteiger charge is -2.11. The Labute approximate surface area is 140 Å². The zero-order valence-corrected chi connectivity index (χ0v) is 13.7. The molecule has 24 heavy (non-hydrogen) atoms. The molecule has 2 amide bonds. The smallest absolute Gasteiger partial charge is 0.262 e. The van der Waals surface area contributed by atoms with Crippen LogP contribution in [0.1, 0.15) is 11.1 Å². The summed E-state index contributed by atoms with van der Waals surface area (Å²) in [5.74, 6) is 0.278. The van der Waals surface area contributed by atoms with E-state index in [1.165, 1.54) is 0 Å². The molecule has 0 fully saturated rings. The minimum atomic E-state index is -0.564. The largest absolute Gasteiger partial charge is 0.484 e. The molecule has 0 heterocycles. The molecule has 0 bridgehead atoms. The summed E-state index contributed by atoms with van der Waals surface area (Å²) in [7, 11) is 0. The van der Waals surface area contributed by atoms with Gasteiger partial charge in [0.15, 0.2) is 13.2 Å². The molecule has 0 saturated heterocycles. The van der Waals surface area contributed by atoms with E-state index in [4.69, 9.17) is 15.2 Å². The number of ether oxygens (including phenoxy) is 2. The van der Waals surface area contributed by atoms with Gasteiger partial charge in [-0.1, -0.05) is 18.2 Å². The first kappa shape index (κ1) is 17.3. The zero-order chi connectivity index (χ0) is 17.5. The summed E-state index contributed by atoms with van der Waals surface area (Å²) in [6, 6.07) is 12.4. The van der Waals surface area contributed by atoms with Gasteiger partial charge in [-0.15, -0.1) is 0 Å². The fourth-order valence-corrected chi connectivity index (χ4v) is 2.04. The second-order valence-corrected chi connectivity index (χ2v) is 5.32. The summed E-state index contributed by atoms with van der Waals surface area (Å²) < 4.78 is 10.7. The van der Waals surface area contributed by atoms with Crippen LogP contribution >= 0.6 is 0 Å². The Hall–Kier alpha value is -3.02. The highest BCUT2D eigenvalue weighted by atomic mass is 16.5. The summed E-state index contributed by atoms with van der Waals surface area (Å²) in [6.45, 7) is 3.62. The lowest BCUT2D eigenvalue weighted by Crippen LogP contribution is -2.21. The SMILES string of the molecule is Cc1cccc(OCC(=O)Nc2cccc(OCC(N)=O)c2)c1C. The lowest BCUT2D eigenvalue weighted by atomic mass is 10.1. The third kappa shape index (κ3) is 5.01. The number of amides is 2. The first-order chi connectivity index (χ1) is 11.5. The minimum absolute atomic E-state index is 0.101. The molecular weight excluding hydrogens is 308 g/mol.